The zero-order valence-corrected chi connectivity index (χ0v) is 12.9. The number of Topliss-reactive ketones (excluding diaryl/α,β-unsaturated/α-hetero) is 1. The minimum absolute atomic E-state index is 0.0379. The summed E-state index contributed by atoms with van der Waals surface area (Å²) < 4.78 is 0. The van der Waals surface area contributed by atoms with Gasteiger partial charge in [0, 0.05) is 5.69 Å². The van der Waals surface area contributed by atoms with Gasteiger partial charge in [-0.3, -0.25) is 4.79 Å². The number of anilines is 1. The Morgan fingerprint density at radius 2 is 1.70 bits per heavy atom. The van der Waals surface area contributed by atoms with E-state index in [4.69, 9.17) is 0 Å². The summed E-state index contributed by atoms with van der Waals surface area (Å²) in [5, 5.41) is 9.40. The van der Waals surface area contributed by atoms with E-state index in [9.17, 15) is 14.7 Å². The molecule has 0 bridgehead atoms. The fourth-order valence-corrected chi connectivity index (χ4v) is 2.74. The number of ketones is 1. The molecule has 1 atom stereocenters. The van der Waals surface area contributed by atoms with Gasteiger partial charge in [-0.15, -0.1) is 0 Å². The molecule has 1 unspecified atom stereocenters. The molecule has 0 aliphatic rings. The summed E-state index contributed by atoms with van der Waals surface area (Å²) >= 11 is 0. The van der Waals surface area contributed by atoms with Crippen LogP contribution in [-0.4, -0.2) is 29.4 Å². The highest BCUT2D eigenvalue weighted by atomic mass is 16.4. The number of hydrogen-bond donors (Lipinski definition) is 1. The smallest absolute Gasteiger partial charge is 0.326 e. The molecule has 1 N–H and O–H groups in total. The van der Waals surface area contributed by atoms with Crippen LogP contribution >= 0.6 is 0 Å². The van der Waals surface area contributed by atoms with Gasteiger partial charge in [-0.1, -0.05) is 24.6 Å². The van der Waals surface area contributed by atoms with E-state index in [2.05, 4.69) is 0 Å². The Balaban J connectivity index is 3.37. The van der Waals surface area contributed by atoms with Gasteiger partial charge >= 0.3 is 5.97 Å². The number of hydrogen-bond acceptors (Lipinski definition) is 3. The standard InChI is InChI=1S/C16H23NO3/c1-6-14(16(19)20)17(9-13(5)18)15-11(3)7-10(2)8-12(15)4/h7-8,14H,6,9H2,1-5H3,(H,19,20). The lowest BCUT2D eigenvalue weighted by Crippen LogP contribution is -2.44. The van der Waals surface area contributed by atoms with Crippen molar-refractivity contribution in [2.45, 2.75) is 47.1 Å². The summed E-state index contributed by atoms with van der Waals surface area (Å²) in [5.74, 6) is -0.933. The molecule has 20 heavy (non-hydrogen) atoms. The number of rotatable bonds is 6. The molecule has 0 aliphatic carbocycles. The van der Waals surface area contributed by atoms with Gasteiger partial charge in [-0.05, 0) is 45.2 Å². The molecule has 0 saturated carbocycles. The molecule has 0 radical (unpaired) electrons. The second kappa shape index (κ2) is 6.55. The van der Waals surface area contributed by atoms with Crippen molar-refractivity contribution < 1.29 is 14.7 Å². The van der Waals surface area contributed by atoms with E-state index in [0.29, 0.717) is 6.42 Å². The van der Waals surface area contributed by atoms with Crippen LogP contribution in [-0.2, 0) is 9.59 Å². The first kappa shape index (κ1) is 16.2. The van der Waals surface area contributed by atoms with Crippen molar-refractivity contribution in [1.82, 2.24) is 0 Å². The maximum Gasteiger partial charge on any atom is 0.326 e. The van der Waals surface area contributed by atoms with Crippen LogP contribution in [0.3, 0.4) is 0 Å². The molecule has 1 aromatic carbocycles. The van der Waals surface area contributed by atoms with Crippen LogP contribution < -0.4 is 4.90 Å². The highest BCUT2D eigenvalue weighted by Gasteiger charge is 2.27. The van der Waals surface area contributed by atoms with Crippen molar-refractivity contribution in [3.63, 3.8) is 0 Å². The van der Waals surface area contributed by atoms with Crippen molar-refractivity contribution in [3.8, 4) is 0 Å². The summed E-state index contributed by atoms with van der Waals surface area (Å²) in [7, 11) is 0. The lowest BCUT2D eigenvalue weighted by molar-refractivity contribution is -0.138. The topological polar surface area (TPSA) is 57.6 Å². The van der Waals surface area contributed by atoms with E-state index in [0.717, 1.165) is 22.4 Å². The summed E-state index contributed by atoms with van der Waals surface area (Å²) in [5.41, 5.74) is 4.00. The second-order valence-electron chi connectivity index (χ2n) is 5.34. The molecular formula is C16H23NO3. The Bertz CT molecular complexity index is 499. The van der Waals surface area contributed by atoms with Gasteiger partial charge in [-0.2, -0.15) is 0 Å². The van der Waals surface area contributed by atoms with Crippen LogP contribution in [0.5, 0.6) is 0 Å². The molecule has 0 saturated heterocycles. The number of aliphatic carboxylic acids is 1. The Morgan fingerprint density at radius 3 is 2.05 bits per heavy atom. The minimum Gasteiger partial charge on any atom is -0.480 e. The third-order valence-electron chi connectivity index (χ3n) is 3.36. The number of carbonyl (C=O) groups excluding carboxylic acids is 1. The van der Waals surface area contributed by atoms with E-state index in [1.165, 1.54) is 6.92 Å². The summed E-state index contributed by atoms with van der Waals surface area (Å²) in [6, 6.07) is 3.35. The van der Waals surface area contributed by atoms with Crippen LogP contribution in [0.4, 0.5) is 5.69 Å². The fraction of sp³-hybridized carbons (Fsp3) is 0.500. The van der Waals surface area contributed by atoms with Crippen LogP contribution in [0.15, 0.2) is 12.1 Å². The van der Waals surface area contributed by atoms with E-state index in [-0.39, 0.29) is 12.3 Å². The Labute approximate surface area is 120 Å². The first-order valence-electron chi connectivity index (χ1n) is 6.84. The molecule has 4 heteroatoms. The Hall–Kier alpha value is -1.84. The first-order valence-corrected chi connectivity index (χ1v) is 6.84. The van der Waals surface area contributed by atoms with E-state index < -0.39 is 12.0 Å². The largest absolute Gasteiger partial charge is 0.480 e. The maximum atomic E-state index is 11.5. The van der Waals surface area contributed by atoms with Crippen molar-refractivity contribution >= 4 is 17.4 Å². The van der Waals surface area contributed by atoms with Gasteiger partial charge in [0.15, 0.2) is 0 Å². The average molecular weight is 277 g/mol. The van der Waals surface area contributed by atoms with Gasteiger partial charge in [0.2, 0.25) is 0 Å². The van der Waals surface area contributed by atoms with Crippen molar-refractivity contribution in [3.05, 3.63) is 28.8 Å². The number of carboxylic acids is 1. The molecule has 0 heterocycles. The normalized spacial score (nSPS) is 12.1. The van der Waals surface area contributed by atoms with Crippen LogP contribution in [0.1, 0.15) is 37.0 Å². The second-order valence-corrected chi connectivity index (χ2v) is 5.34. The van der Waals surface area contributed by atoms with Gasteiger partial charge in [-0.25, -0.2) is 4.79 Å². The number of carbonyl (C=O) groups is 2. The van der Waals surface area contributed by atoms with Crippen molar-refractivity contribution in [2.24, 2.45) is 0 Å². The molecule has 0 amide bonds. The van der Waals surface area contributed by atoms with Gasteiger partial charge in [0.05, 0.1) is 6.54 Å². The number of nitrogens with zero attached hydrogens (tertiary/aromatic N) is 1. The molecule has 1 aromatic rings. The molecule has 110 valence electrons. The van der Waals surface area contributed by atoms with Crippen molar-refractivity contribution in [1.29, 1.82) is 0 Å². The minimum atomic E-state index is -0.895. The van der Waals surface area contributed by atoms with Crippen LogP contribution in [0.25, 0.3) is 0 Å². The molecule has 0 spiro atoms. The monoisotopic (exact) mass is 277 g/mol. The van der Waals surface area contributed by atoms with Gasteiger partial charge in [0.1, 0.15) is 11.8 Å². The zero-order valence-electron chi connectivity index (χ0n) is 12.9. The third kappa shape index (κ3) is 3.59. The highest BCUT2D eigenvalue weighted by Crippen LogP contribution is 2.28. The van der Waals surface area contributed by atoms with E-state index in [1.54, 1.807) is 4.90 Å². The quantitative estimate of drug-likeness (QED) is 0.868. The molecule has 4 nitrogen and oxygen atoms in total. The Morgan fingerprint density at radius 1 is 1.20 bits per heavy atom. The Kier molecular flexibility index (Phi) is 5.31. The first-order chi connectivity index (χ1) is 9.27. The number of carboxylic acid groups (broad SMARTS) is 1. The van der Waals surface area contributed by atoms with Crippen molar-refractivity contribution in [2.75, 3.05) is 11.4 Å². The lowest BCUT2D eigenvalue weighted by atomic mass is 10.0. The average Bonchev–Trinajstić information content (AvgIpc) is 2.26. The SMILES string of the molecule is CCC(C(=O)O)N(CC(C)=O)c1c(C)cc(C)cc1C. The lowest BCUT2D eigenvalue weighted by Gasteiger charge is -2.32. The van der Waals surface area contributed by atoms with Crippen LogP contribution in [0, 0.1) is 20.8 Å². The summed E-state index contributed by atoms with van der Waals surface area (Å²) in [6.45, 7) is 9.35. The molecular weight excluding hydrogens is 254 g/mol. The molecule has 1 rings (SSSR count). The van der Waals surface area contributed by atoms with Gasteiger partial charge < -0.3 is 10.0 Å². The molecule has 0 fully saturated rings. The summed E-state index contributed by atoms with van der Waals surface area (Å²) in [6.07, 6.45) is 0.454. The third-order valence-corrected chi connectivity index (χ3v) is 3.36. The highest BCUT2D eigenvalue weighted by molar-refractivity contribution is 5.86. The molecule has 0 aliphatic heterocycles. The number of aryl methyl sites for hydroxylation is 3. The van der Waals surface area contributed by atoms with Crippen LogP contribution in [0.2, 0.25) is 0 Å². The zero-order chi connectivity index (χ0) is 15.4. The van der Waals surface area contributed by atoms with Gasteiger partial charge in [0.25, 0.3) is 0 Å². The molecule has 0 aromatic heterocycles. The predicted octanol–water partition coefficient (Wildman–Crippen LogP) is 2.87. The predicted molar refractivity (Wildman–Crippen MR) is 80.4 cm³/mol. The fourth-order valence-electron chi connectivity index (χ4n) is 2.74. The maximum absolute atomic E-state index is 11.5. The van der Waals surface area contributed by atoms with E-state index >= 15 is 0 Å². The summed E-state index contributed by atoms with van der Waals surface area (Å²) in [4.78, 5) is 24.7. The van der Waals surface area contributed by atoms with E-state index in [1.807, 2.05) is 39.8 Å². The number of benzene rings is 1.